The topological polar surface area (TPSA) is 6.48 Å². The van der Waals surface area contributed by atoms with Gasteiger partial charge in [0.15, 0.2) is 0 Å². The van der Waals surface area contributed by atoms with Crippen molar-refractivity contribution in [3.63, 3.8) is 0 Å². The number of hydrogen-bond acceptors (Lipinski definition) is 2. The van der Waals surface area contributed by atoms with Gasteiger partial charge in [-0.15, -0.1) is 0 Å². The van der Waals surface area contributed by atoms with Crippen molar-refractivity contribution >= 4 is 0 Å². The van der Waals surface area contributed by atoms with Crippen LogP contribution in [0.1, 0.15) is 34.6 Å². The highest BCUT2D eigenvalue weighted by Gasteiger charge is 2.38. The first-order valence-corrected chi connectivity index (χ1v) is 4.95. The Hall–Kier alpha value is -0.500. The molecule has 0 saturated heterocycles. The third kappa shape index (κ3) is 1.37. The number of nitrogens with zero attached hydrogens (tertiary/aromatic N) is 2. The second-order valence-corrected chi connectivity index (χ2v) is 4.69. The minimum atomic E-state index is 0.221. The summed E-state index contributed by atoms with van der Waals surface area (Å²) in [5.41, 5.74) is 3.11. The van der Waals surface area contributed by atoms with Crippen LogP contribution in [0.3, 0.4) is 0 Å². The molecule has 0 radical (unpaired) electrons. The summed E-state index contributed by atoms with van der Waals surface area (Å²) in [5, 5.41) is 4.56. The van der Waals surface area contributed by atoms with Crippen LogP contribution in [-0.4, -0.2) is 29.7 Å². The Morgan fingerprint density at radius 1 is 1.15 bits per heavy atom. The third-order valence-electron chi connectivity index (χ3n) is 4.05. The Balaban J connectivity index is 3.15. The summed E-state index contributed by atoms with van der Waals surface area (Å²) < 4.78 is 0. The lowest BCUT2D eigenvalue weighted by atomic mass is 9.81. The van der Waals surface area contributed by atoms with Crippen LogP contribution in [0.25, 0.3) is 0 Å². The first kappa shape index (κ1) is 10.6. The standard InChI is InChI=1S/C11H22N2/c1-8-9(2)11(4,5)13(7)12(6)10(8)3/h9H,1-7H3. The van der Waals surface area contributed by atoms with E-state index in [-0.39, 0.29) is 5.54 Å². The lowest BCUT2D eigenvalue weighted by Gasteiger charge is -2.51. The van der Waals surface area contributed by atoms with Gasteiger partial charge in [-0.1, -0.05) is 6.92 Å². The molecule has 1 atom stereocenters. The molecule has 76 valence electrons. The van der Waals surface area contributed by atoms with Crippen molar-refractivity contribution < 1.29 is 0 Å². The molecule has 0 amide bonds. The maximum absolute atomic E-state index is 2.32. The van der Waals surface area contributed by atoms with Gasteiger partial charge in [-0.05, 0) is 39.2 Å². The molecule has 0 N–H and O–H groups in total. The van der Waals surface area contributed by atoms with E-state index in [2.05, 4.69) is 58.7 Å². The molecule has 0 aliphatic carbocycles. The molecule has 0 aromatic carbocycles. The van der Waals surface area contributed by atoms with Gasteiger partial charge in [-0.3, -0.25) is 0 Å². The fourth-order valence-electron chi connectivity index (χ4n) is 1.99. The number of rotatable bonds is 0. The Kier molecular flexibility index (Phi) is 2.46. The van der Waals surface area contributed by atoms with Crippen LogP contribution in [0.15, 0.2) is 11.3 Å². The molecule has 2 heteroatoms. The van der Waals surface area contributed by atoms with Gasteiger partial charge in [0, 0.05) is 25.3 Å². The van der Waals surface area contributed by atoms with Crippen LogP contribution < -0.4 is 0 Å². The number of allylic oxidation sites excluding steroid dienone is 1. The Labute approximate surface area is 82.2 Å². The third-order valence-corrected chi connectivity index (χ3v) is 4.05. The van der Waals surface area contributed by atoms with Gasteiger partial charge in [0.25, 0.3) is 0 Å². The summed E-state index contributed by atoms with van der Waals surface area (Å²) in [6.07, 6.45) is 0. The van der Waals surface area contributed by atoms with Crippen LogP contribution >= 0.6 is 0 Å². The zero-order valence-electron chi connectivity index (χ0n) is 9.97. The fourth-order valence-corrected chi connectivity index (χ4v) is 1.99. The van der Waals surface area contributed by atoms with Crippen LogP contribution in [0.2, 0.25) is 0 Å². The zero-order valence-corrected chi connectivity index (χ0v) is 9.97. The molecule has 1 heterocycles. The van der Waals surface area contributed by atoms with Crippen LogP contribution in [-0.2, 0) is 0 Å². The van der Waals surface area contributed by atoms with E-state index in [1.807, 2.05) is 0 Å². The van der Waals surface area contributed by atoms with E-state index in [0.29, 0.717) is 5.92 Å². The maximum Gasteiger partial charge on any atom is 0.0407 e. The van der Waals surface area contributed by atoms with Crippen molar-refractivity contribution in [1.29, 1.82) is 0 Å². The summed E-state index contributed by atoms with van der Waals surface area (Å²) in [6.45, 7) is 11.3. The van der Waals surface area contributed by atoms with Crippen molar-refractivity contribution in [2.24, 2.45) is 5.92 Å². The van der Waals surface area contributed by atoms with E-state index in [1.54, 1.807) is 0 Å². The van der Waals surface area contributed by atoms with E-state index in [1.165, 1.54) is 11.3 Å². The molecule has 2 nitrogen and oxygen atoms in total. The molecule has 0 bridgehead atoms. The van der Waals surface area contributed by atoms with E-state index in [0.717, 1.165) is 0 Å². The van der Waals surface area contributed by atoms with Gasteiger partial charge in [0.05, 0.1) is 0 Å². The summed E-state index contributed by atoms with van der Waals surface area (Å²) in [7, 11) is 4.29. The second-order valence-electron chi connectivity index (χ2n) is 4.69. The maximum atomic E-state index is 2.32. The lowest BCUT2D eigenvalue weighted by Crippen LogP contribution is -2.56. The average Bonchev–Trinajstić information content (AvgIpc) is 2.09. The van der Waals surface area contributed by atoms with Gasteiger partial charge in [-0.25, -0.2) is 5.01 Å². The van der Waals surface area contributed by atoms with E-state index in [9.17, 15) is 0 Å². The smallest absolute Gasteiger partial charge is 0.0407 e. The highest BCUT2D eigenvalue weighted by Crippen LogP contribution is 2.36. The molecule has 1 unspecified atom stereocenters. The molecule has 0 aromatic heterocycles. The summed E-state index contributed by atoms with van der Waals surface area (Å²) in [6, 6.07) is 0. The highest BCUT2D eigenvalue weighted by molar-refractivity contribution is 5.18. The van der Waals surface area contributed by atoms with Crippen LogP contribution in [0.5, 0.6) is 0 Å². The molecule has 0 saturated carbocycles. The molecule has 0 spiro atoms. The lowest BCUT2D eigenvalue weighted by molar-refractivity contribution is -0.0665. The second kappa shape index (κ2) is 3.02. The Bertz CT molecular complexity index is 240. The summed E-state index contributed by atoms with van der Waals surface area (Å²) >= 11 is 0. The van der Waals surface area contributed by atoms with Gasteiger partial charge < -0.3 is 5.01 Å². The summed E-state index contributed by atoms with van der Waals surface area (Å²) in [4.78, 5) is 0. The van der Waals surface area contributed by atoms with Gasteiger partial charge in [0.1, 0.15) is 0 Å². The van der Waals surface area contributed by atoms with Crippen molar-refractivity contribution in [2.75, 3.05) is 14.1 Å². The van der Waals surface area contributed by atoms with Gasteiger partial charge >= 0.3 is 0 Å². The minimum absolute atomic E-state index is 0.221. The molecule has 13 heavy (non-hydrogen) atoms. The first-order valence-electron chi connectivity index (χ1n) is 4.95. The molecular formula is C11H22N2. The largest absolute Gasteiger partial charge is 0.313 e. The SMILES string of the molecule is CC1=C(C)N(C)N(C)C(C)(C)C1C. The Morgan fingerprint density at radius 2 is 1.62 bits per heavy atom. The van der Waals surface area contributed by atoms with E-state index >= 15 is 0 Å². The number of hydrogen-bond donors (Lipinski definition) is 0. The summed E-state index contributed by atoms with van der Waals surface area (Å²) in [5.74, 6) is 0.619. The quantitative estimate of drug-likeness (QED) is 0.568. The molecule has 1 aliphatic rings. The van der Waals surface area contributed by atoms with E-state index in [4.69, 9.17) is 0 Å². The van der Waals surface area contributed by atoms with Crippen LogP contribution in [0, 0.1) is 5.92 Å². The first-order chi connectivity index (χ1) is 5.80. The average molecular weight is 182 g/mol. The molecule has 0 aromatic rings. The van der Waals surface area contributed by atoms with Crippen molar-refractivity contribution in [3.8, 4) is 0 Å². The highest BCUT2D eigenvalue weighted by atomic mass is 15.6. The van der Waals surface area contributed by atoms with Crippen molar-refractivity contribution in [2.45, 2.75) is 40.2 Å². The van der Waals surface area contributed by atoms with Crippen molar-refractivity contribution in [1.82, 2.24) is 10.0 Å². The predicted octanol–water partition coefficient (Wildman–Crippen LogP) is 2.49. The molecule has 0 fully saturated rings. The predicted molar refractivity (Wildman–Crippen MR) is 57.1 cm³/mol. The van der Waals surface area contributed by atoms with Gasteiger partial charge in [-0.2, -0.15) is 0 Å². The monoisotopic (exact) mass is 182 g/mol. The molecular weight excluding hydrogens is 160 g/mol. The number of hydrazine groups is 1. The Morgan fingerprint density at radius 3 is 2.08 bits per heavy atom. The molecule has 1 rings (SSSR count). The van der Waals surface area contributed by atoms with E-state index < -0.39 is 0 Å². The zero-order chi connectivity index (χ0) is 10.4. The van der Waals surface area contributed by atoms with Gasteiger partial charge in [0.2, 0.25) is 0 Å². The minimum Gasteiger partial charge on any atom is -0.313 e. The molecule has 1 aliphatic heterocycles. The van der Waals surface area contributed by atoms with Crippen molar-refractivity contribution in [3.05, 3.63) is 11.3 Å². The normalized spacial score (nSPS) is 29.8. The fraction of sp³-hybridized carbons (Fsp3) is 0.818. The van der Waals surface area contributed by atoms with Crippen LogP contribution in [0.4, 0.5) is 0 Å².